The van der Waals surface area contributed by atoms with E-state index in [1.54, 1.807) is 54.6 Å². The molecule has 2 N–H and O–H groups in total. The van der Waals surface area contributed by atoms with Gasteiger partial charge in [-0.1, -0.05) is 48.5 Å². The number of hydrogen-bond donors (Lipinski definition) is 1. The fourth-order valence-electron chi connectivity index (χ4n) is 3.60. The van der Waals surface area contributed by atoms with Crippen molar-refractivity contribution in [3.8, 4) is 5.75 Å². The highest BCUT2D eigenvalue weighted by molar-refractivity contribution is 5.94. The van der Waals surface area contributed by atoms with Gasteiger partial charge in [0, 0.05) is 16.7 Å². The molecule has 0 atom stereocenters. The standard InChI is InChI=1S/C26H21F2N3O4/c27-22-8-4-2-5-18(22)14-31-25(33)23(28)15-30(26(31)34)13-17-9-11-20(12-10-17)35-16-19-6-1-3-7-21(19)24(29)32/h1-12,15H,13-14,16H2,(H2,29,32). The monoisotopic (exact) mass is 477 g/mol. The lowest BCUT2D eigenvalue weighted by molar-refractivity contribution is 0.0998. The maximum Gasteiger partial charge on any atom is 0.331 e. The van der Waals surface area contributed by atoms with E-state index in [1.807, 2.05) is 0 Å². The molecule has 0 aliphatic carbocycles. The van der Waals surface area contributed by atoms with Crippen LogP contribution in [0.1, 0.15) is 27.0 Å². The van der Waals surface area contributed by atoms with E-state index >= 15 is 0 Å². The summed E-state index contributed by atoms with van der Waals surface area (Å²) in [7, 11) is 0. The number of hydrogen-bond acceptors (Lipinski definition) is 4. The average Bonchev–Trinajstić information content (AvgIpc) is 2.86. The minimum atomic E-state index is -1.12. The third-order valence-electron chi connectivity index (χ3n) is 5.43. The van der Waals surface area contributed by atoms with Gasteiger partial charge in [-0.2, -0.15) is 4.39 Å². The van der Waals surface area contributed by atoms with Crippen molar-refractivity contribution >= 4 is 5.91 Å². The summed E-state index contributed by atoms with van der Waals surface area (Å²) in [6.45, 7) is -0.274. The van der Waals surface area contributed by atoms with Crippen molar-refractivity contribution in [1.82, 2.24) is 9.13 Å². The number of benzene rings is 3. The zero-order valence-electron chi connectivity index (χ0n) is 18.5. The van der Waals surface area contributed by atoms with Gasteiger partial charge < -0.3 is 10.5 Å². The Bertz CT molecular complexity index is 1490. The van der Waals surface area contributed by atoms with Gasteiger partial charge in [0.25, 0.3) is 5.56 Å². The molecule has 4 aromatic rings. The molecule has 0 aliphatic heterocycles. The zero-order chi connectivity index (χ0) is 24.9. The molecule has 3 aromatic carbocycles. The maximum absolute atomic E-state index is 14.3. The van der Waals surface area contributed by atoms with Crippen LogP contribution in [0.15, 0.2) is 88.6 Å². The fourth-order valence-corrected chi connectivity index (χ4v) is 3.60. The Labute approximate surface area is 198 Å². The number of carbonyl (C=O) groups excluding carboxylic acids is 1. The Balaban J connectivity index is 1.51. The van der Waals surface area contributed by atoms with Crippen molar-refractivity contribution < 1.29 is 18.3 Å². The van der Waals surface area contributed by atoms with Crippen LogP contribution in [0, 0.1) is 11.6 Å². The van der Waals surface area contributed by atoms with Crippen LogP contribution in [0.3, 0.4) is 0 Å². The summed E-state index contributed by atoms with van der Waals surface area (Å²) < 4.78 is 35.8. The molecule has 1 aromatic heterocycles. The van der Waals surface area contributed by atoms with Gasteiger partial charge in [0.05, 0.1) is 19.3 Å². The number of carbonyl (C=O) groups is 1. The largest absolute Gasteiger partial charge is 0.489 e. The molecule has 0 radical (unpaired) electrons. The Hall–Kier alpha value is -4.53. The molecule has 9 heteroatoms. The molecule has 0 unspecified atom stereocenters. The molecule has 0 spiro atoms. The van der Waals surface area contributed by atoms with Crippen LogP contribution in [-0.2, 0) is 19.7 Å². The molecule has 0 saturated carbocycles. The van der Waals surface area contributed by atoms with Gasteiger partial charge in [0.2, 0.25) is 11.7 Å². The molecule has 7 nitrogen and oxygen atoms in total. The normalized spacial score (nSPS) is 10.8. The van der Waals surface area contributed by atoms with Crippen molar-refractivity contribution in [3.63, 3.8) is 0 Å². The summed E-state index contributed by atoms with van der Waals surface area (Å²) in [6.07, 6.45) is 0.841. The van der Waals surface area contributed by atoms with Crippen molar-refractivity contribution in [3.05, 3.63) is 134 Å². The molecule has 4 rings (SSSR count). The first-order chi connectivity index (χ1) is 16.8. The number of ether oxygens (including phenoxy) is 1. The number of nitrogens with zero attached hydrogens (tertiary/aromatic N) is 2. The van der Waals surface area contributed by atoms with Crippen LogP contribution in [0.25, 0.3) is 0 Å². The van der Waals surface area contributed by atoms with Gasteiger partial charge >= 0.3 is 5.69 Å². The topological polar surface area (TPSA) is 96.3 Å². The van der Waals surface area contributed by atoms with Crippen molar-refractivity contribution in [2.45, 2.75) is 19.7 Å². The van der Waals surface area contributed by atoms with E-state index in [1.165, 1.54) is 18.2 Å². The van der Waals surface area contributed by atoms with E-state index in [4.69, 9.17) is 10.5 Å². The lowest BCUT2D eigenvalue weighted by Crippen LogP contribution is -2.41. The van der Waals surface area contributed by atoms with E-state index in [0.717, 1.165) is 10.8 Å². The van der Waals surface area contributed by atoms with Crippen LogP contribution < -0.4 is 21.7 Å². The second kappa shape index (κ2) is 10.2. The minimum absolute atomic E-state index is 0.0158. The van der Waals surface area contributed by atoms with Crippen LogP contribution in [0.2, 0.25) is 0 Å². The number of rotatable bonds is 8. The van der Waals surface area contributed by atoms with E-state index in [0.29, 0.717) is 27.0 Å². The number of halogens is 2. The minimum Gasteiger partial charge on any atom is -0.489 e. The second-order valence-corrected chi connectivity index (χ2v) is 7.82. The molecule has 35 heavy (non-hydrogen) atoms. The summed E-state index contributed by atoms with van der Waals surface area (Å²) in [5, 5.41) is 0. The van der Waals surface area contributed by atoms with Gasteiger partial charge in [-0.15, -0.1) is 0 Å². The van der Waals surface area contributed by atoms with Crippen LogP contribution in [-0.4, -0.2) is 15.0 Å². The Morgan fingerprint density at radius 3 is 2.17 bits per heavy atom. The first-order valence-electron chi connectivity index (χ1n) is 10.7. The maximum atomic E-state index is 14.3. The highest BCUT2D eigenvalue weighted by atomic mass is 19.1. The van der Waals surface area contributed by atoms with Crippen molar-refractivity contribution in [2.75, 3.05) is 0 Å². The third-order valence-corrected chi connectivity index (χ3v) is 5.43. The molecule has 0 saturated heterocycles. The third kappa shape index (κ3) is 5.35. The molecule has 0 aliphatic rings. The van der Waals surface area contributed by atoms with Gasteiger partial charge in [0.1, 0.15) is 18.2 Å². The Morgan fingerprint density at radius 2 is 1.49 bits per heavy atom. The van der Waals surface area contributed by atoms with Gasteiger partial charge in [-0.3, -0.25) is 18.7 Å². The lowest BCUT2D eigenvalue weighted by Gasteiger charge is -2.12. The fraction of sp³-hybridized carbons (Fsp3) is 0.115. The molecule has 0 fully saturated rings. The summed E-state index contributed by atoms with van der Waals surface area (Å²) in [5.41, 5.74) is 5.26. The first kappa shape index (κ1) is 23.6. The number of aromatic nitrogens is 2. The average molecular weight is 477 g/mol. The number of primary amides is 1. The van der Waals surface area contributed by atoms with Crippen LogP contribution in [0.4, 0.5) is 8.78 Å². The molecular formula is C26H21F2N3O4. The van der Waals surface area contributed by atoms with E-state index in [2.05, 4.69) is 0 Å². The van der Waals surface area contributed by atoms with Gasteiger partial charge in [-0.25, -0.2) is 9.18 Å². The second-order valence-electron chi connectivity index (χ2n) is 7.82. The predicted molar refractivity (Wildman–Crippen MR) is 125 cm³/mol. The SMILES string of the molecule is NC(=O)c1ccccc1COc1ccc(Cn2cc(F)c(=O)n(Cc3ccccc3F)c2=O)cc1. The highest BCUT2D eigenvalue weighted by Crippen LogP contribution is 2.17. The zero-order valence-corrected chi connectivity index (χ0v) is 18.5. The van der Waals surface area contributed by atoms with Crippen molar-refractivity contribution in [2.24, 2.45) is 5.73 Å². The number of nitrogens with two attached hydrogens (primary N) is 1. The first-order valence-corrected chi connectivity index (χ1v) is 10.7. The molecule has 178 valence electrons. The Morgan fingerprint density at radius 1 is 0.829 bits per heavy atom. The smallest absolute Gasteiger partial charge is 0.331 e. The molecular weight excluding hydrogens is 456 g/mol. The quantitative estimate of drug-likeness (QED) is 0.422. The van der Waals surface area contributed by atoms with Gasteiger partial charge in [-0.05, 0) is 29.8 Å². The predicted octanol–water partition coefficient (Wildman–Crippen LogP) is 3.06. The molecule has 1 heterocycles. The summed E-state index contributed by atoms with van der Waals surface area (Å²) >= 11 is 0. The van der Waals surface area contributed by atoms with Crippen LogP contribution in [0.5, 0.6) is 5.75 Å². The summed E-state index contributed by atoms with van der Waals surface area (Å²) in [4.78, 5) is 36.6. The van der Waals surface area contributed by atoms with Crippen LogP contribution >= 0.6 is 0 Å². The van der Waals surface area contributed by atoms with E-state index < -0.39 is 28.8 Å². The Kier molecular flexibility index (Phi) is 6.86. The molecule has 0 bridgehead atoms. The van der Waals surface area contributed by atoms with E-state index in [9.17, 15) is 23.2 Å². The summed E-state index contributed by atoms with van der Waals surface area (Å²) in [6, 6.07) is 19.2. The highest BCUT2D eigenvalue weighted by Gasteiger charge is 2.14. The molecule has 1 amide bonds. The number of amides is 1. The van der Waals surface area contributed by atoms with Gasteiger partial charge in [0.15, 0.2) is 0 Å². The van der Waals surface area contributed by atoms with E-state index in [-0.39, 0.29) is 25.3 Å². The van der Waals surface area contributed by atoms with Crippen molar-refractivity contribution in [1.29, 1.82) is 0 Å². The lowest BCUT2D eigenvalue weighted by atomic mass is 10.1. The summed E-state index contributed by atoms with van der Waals surface area (Å²) in [5.74, 6) is -1.75.